The average molecular weight is 259 g/mol. The normalized spacial score (nSPS) is 23.6. The molecule has 0 amide bonds. The molecule has 1 aliphatic rings. The number of nitrogens with two attached hydrogens (primary N) is 1. The van der Waals surface area contributed by atoms with Crippen molar-refractivity contribution in [3.63, 3.8) is 0 Å². The second-order valence-electron chi connectivity index (χ2n) is 5.53. The maximum absolute atomic E-state index is 5.75. The molecule has 0 aliphatic heterocycles. The second-order valence-corrected chi connectivity index (χ2v) is 5.53. The summed E-state index contributed by atoms with van der Waals surface area (Å²) in [7, 11) is 0. The summed E-state index contributed by atoms with van der Waals surface area (Å²) in [6.07, 6.45) is 6.35. The first-order valence-electron chi connectivity index (χ1n) is 7.17. The van der Waals surface area contributed by atoms with Crippen molar-refractivity contribution >= 4 is 22.8 Å². The molecule has 0 spiro atoms. The van der Waals surface area contributed by atoms with Crippen LogP contribution in [0.25, 0.3) is 11.1 Å². The molecular weight excluding hydrogens is 238 g/mol. The number of hydrogen-bond donors (Lipinski definition) is 2. The van der Waals surface area contributed by atoms with Crippen molar-refractivity contribution in [3.8, 4) is 0 Å². The molecule has 3 N–H and O–H groups in total. The van der Waals surface area contributed by atoms with E-state index in [2.05, 4.69) is 17.2 Å². The predicted molar refractivity (Wildman–Crippen MR) is 78.1 cm³/mol. The molecule has 1 aromatic heterocycles. The Morgan fingerprint density at radius 1 is 1.42 bits per heavy atom. The first-order valence-corrected chi connectivity index (χ1v) is 7.17. The summed E-state index contributed by atoms with van der Waals surface area (Å²) in [5.41, 5.74) is 8.09. The number of benzene rings is 1. The van der Waals surface area contributed by atoms with Crippen molar-refractivity contribution in [1.82, 2.24) is 4.98 Å². The monoisotopic (exact) mass is 259 g/mol. The molecule has 1 fully saturated rings. The molecule has 0 saturated heterocycles. The van der Waals surface area contributed by atoms with Crippen LogP contribution >= 0.6 is 0 Å². The Labute approximate surface area is 113 Å². The highest BCUT2D eigenvalue weighted by molar-refractivity contribution is 5.78. The number of aromatic nitrogens is 1. The molecular formula is C15H21N3O. The third kappa shape index (κ3) is 2.67. The van der Waals surface area contributed by atoms with E-state index in [1.54, 1.807) is 0 Å². The summed E-state index contributed by atoms with van der Waals surface area (Å²) in [5.74, 6) is 0.839. The summed E-state index contributed by atoms with van der Waals surface area (Å²) < 4.78 is 5.72. The Morgan fingerprint density at radius 2 is 2.32 bits per heavy atom. The first-order chi connectivity index (χ1) is 9.24. The van der Waals surface area contributed by atoms with Gasteiger partial charge in [-0.3, -0.25) is 0 Å². The SMILES string of the molecule is CCC1CCCC(Nc2nc3cc(N)ccc3o2)C1. The highest BCUT2D eigenvalue weighted by Crippen LogP contribution is 2.29. The van der Waals surface area contributed by atoms with Crippen molar-refractivity contribution in [1.29, 1.82) is 0 Å². The van der Waals surface area contributed by atoms with Gasteiger partial charge in [0.05, 0.1) is 0 Å². The van der Waals surface area contributed by atoms with Gasteiger partial charge in [0.15, 0.2) is 5.58 Å². The van der Waals surface area contributed by atoms with Gasteiger partial charge in [-0.15, -0.1) is 0 Å². The van der Waals surface area contributed by atoms with Crippen molar-refractivity contribution in [3.05, 3.63) is 18.2 Å². The number of nitrogens with one attached hydrogen (secondary N) is 1. The second kappa shape index (κ2) is 5.11. The van der Waals surface area contributed by atoms with Gasteiger partial charge >= 0.3 is 0 Å². The zero-order valence-electron chi connectivity index (χ0n) is 11.4. The van der Waals surface area contributed by atoms with Gasteiger partial charge in [0.25, 0.3) is 6.01 Å². The Morgan fingerprint density at radius 3 is 3.16 bits per heavy atom. The maximum atomic E-state index is 5.75. The van der Waals surface area contributed by atoms with Crippen LogP contribution in [0.2, 0.25) is 0 Å². The van der Waals surface area contributed by atoms with E-state index in [4.69, 9.17) is 10.2 Å². The van der Waals surface area contributed by atoms with Crippen LogP contribution in [0.5, 0.6) is 0 Å². The van der Waals surface area contributed by atoms with Gasteiger partial charge in [-0.25, -0.2) is 0 Å². The topological polar surface area (TPSA) is 64.1 Å². The van der Waals surface area contributed by atoms with E-state index < -0.39 is 0 Å². The summed E-state index contributed by atoms with van der Waals surface area (Å²) in [4.78, 5) is 4.46. The molecule has 1 heterocycles. The molecule has 4 nitrogen and oxygen atoms in total. The molecule has 1 aromatic carbocycles. The van der Waals surface area contributed by atoms with Gasteiger partial charge in [-0.05, 0) is 37.0 Å². The Hall–Kier alpha value is -1.71. The van der Waals surface area contributed by atoms with Crippen molar-refractivity contribution < 1.29 is 4.42 Å². The molecule has 2 unspecified atom stereocenters. The summed E-state index contributed by atoms with van der Waals surface area (Å²) in [5, 5.41) is 3.44. The van der Waals surface area contributed by atoms with E-state index in [1.807, 2.05) is 18.2 Å². The molecule has 1 saturated carbocycles. The molecule has 102 valence electrons. The third-order valence-corrected chi connectivity index (χ3v) is 4.10. The van der Waals surface area contributed by atoms with E-state index >= 15 is 0 Å². The lowest BCUT2D eigenvalue weighted by atomic mass is 9.84. The van der Waals surface area contributed by atoms with Crippen LogP contribution in [0.15, 0.2) is 22.6 Å². The van der Waals surface area contributed by atoms with Gasteiger partial charge in [-0.2, -0.15) is 4.98 Å². The zero-order chi connectivity index (χ0) is 13.2. The van der Waals surface area contributed by atoms with Crippen molar-refractivity contribution in [2.75, 3.05) is 11.1 Å². The van der Waals surface area contributed by atoms with E-state index in [1.165, 1.54) is 32.1 Å². The third-order valence-electron chi connectivity index (χ3n) is 4.10. The van der Waals surface area contributed by atoms with Gasteiger partial charge in [-0.1, -0.05) is 26.2 Å². The zero-order valence-corrected chi connectivity index (χ0v) is 11.4. The van der Waals surface area contributed by atoms with Gasteiger partial charge in [0.2, 0.25) is 0 Å². The standard InChI is InChI=1S/C15H21N3O/c1-2-10-4-3-5-12(8-10)17-15-18-13-9-11(16)6-7-14(13)19-15/h6-7,9-10,12H,2-5,8,16H2,1H3,(H,17,18). The maximum Gasteiger partial charge on any atom is 0.295 e. The molecule has 19 heavy (non-hydrogen) atoms. The van der Waals surface area contributed by atoms with Gasteiger partial charge in [0.1, 0.15) is 5.52 Å². The fourth-order valence-electron chi connectivity index (χ4n) is 2.97. The minimum Gasteiger partial charge on any atom is -0.424 e. The molecule has 1 aliphatic carbocycles. The predicted octanol–water partition coefficient (Wildman–Crippen LogP) is 3.79. The van der Waals surface area contributed by atoms with Crippen LogP contribution in [0, 0.1) is 5.92 Å². The number of nitrogen functional groups attached to an aromatic ring is 1. The van der Waals surface area contributed by atoms with Gasteiger partial charge < -0.3 is 15.5 Å². The lowest BCUT2D eigenvalue weighted by molar-refractivity contribution is 0.324. The number of rotatable bonds is 3. The minimum absolute atomic E-state index is 0.490. The number of oxazole rings is 1. The Kier molecular flexibility index (Phi) is 3.32. The van der Waals surface area contributed by atoms with E-state index in [0.717, 1.165) is 22.7 Å². The summed E-state index contributed by atoms with van der Waals surface area (Å²) in [6.45, 7) is 2.27. The summed E-state index contributed by atoms with van der Waals surface area (Å²) >= 11 is 0. The fourth-order valence-corrected chi connectivity index (χ4v) is 2.97. The quantitative estimate of drug-likeness (QED) is 0.823. The molecule has 0 bridgehead atoms. The Balaban J connectivity index is 1.74. The van der Waals surface area contributed by atoms with E-state index in [9.17, 15) is 0 Å². The van der Waals surface area contributed by atoms with E-state index in [0.29, 0.717) is 12.1 Å². The largest absolute Gasteiger partial charge is 0.424 e. The number of nitrogens with zero attached hydrogens (tertiary/aromatic N) is 1. The highest BCUT2D eigenvalue weighted by atomic mass is 16.4. The van der Waals surface area contributed by atoms with Crippen LogP contribution in [0.1, 0.15) is 39.0 Å². The van der Waals surface area contributed by atoms with Crippen LogP contribution in [0.4, 0.5) is 11.7 Å². The molecule has 2 atom stereocenters. The lowest BCUT2D eigenvalue weighted by Crippen LogP contribution is -2.27. The average Bonchev–Trinajstić information content (AvgIpc) is 2.80. The fraction of sp³-hybridized carbons (Fsp3) is 0.533. The van der Waals surface area contributed by atoms with Crippen molar-refractivity contribution in [2.24, 2.45) is 5.92 Å². The van der Waals surface area contributed by atoms with Crippen LogP contribution in [-0.2, 0) is 0 Å². The van der Waals surface area contributed by atoms with Gasteiger partial charge in [0, 0.05) is 11.7 Å². The number of anilines is 2. The highest BCUT2D eigenvalue weighted by Gasteiger charge is 2.21. The minimum atomic E-state index is 0.490. The smallest absolute Gasteiger partial charge is 0.295 e. The van der Waals surface area contributed by atoms with Crippen molar-refractivity contribution in [2.45, 2.75) is 45.1 Å². The molecule has 4 heteroatoms. The van der Waals surface area contributed by atoms with Crippen LogP contribution < -0.4 is 11.1 Å². The summed E-state index contributed by atoms with van der Waals surface area (Å²) in [6, 6.07) is 6.68. The number of fused-ring (bicyclic) bond motifs is 1. The molecule has 2 aromatic rings. The first kappa shape index (κ1) is 12.3. The van der Waals surface area contributed by atoms with Crippen LogP contribution in [-0.4, -0.2) is 11.0 Å². The lowest BCUT2D eigenvalue weighted by Gasteiger charge is -2.28. The van der Waals surface area contributed by atoms with E-state index in [-0.39, 0.29) is 0 Å². The molecule has 3 rings (SSSR count). The molecule has 0 radical (unpaired) electrons. The van der Waals surface area contributed by atoms with Crippen LogP contribution in [0.3, 0.4) is 0 Å². The number of hydrogen-bond acceptors (Lipinski definition) is 4. The Bertz CT molecular complexity index is 564.